The van der Waals surface area contributed by atoms with Crippen molar-refractivity contribution in [3.8, 4) is 0 Å². The zero-order valence-corrected chi connectivity index (χ0v) is 5.91. The SMILES string of the molecule is [2H]c1nc(C([2H])([2H])[2H])c(Br)c(C([2H])([2H])[2H])c1[2H]. The first-order valence-corrected chi connectivity index (χ1v) is 2.93. The molecule has 0 bridgehead atoms. The summed E-state index contributed by atoms with van der Waals surface area (Å²) in [6.07, 6.45) is -0.662. The molecule has 0 N–H and O–H groups in total. The van der Waals surface area contributed by atoms with E-state index in [0.29, 0.717) is 0 Å². The van der Waals surface area contributed by atoms with Gasteiger partial charge in [-0.25, -0.2) is 0 Å². The van der Waals surface area contributed by atoms with E-state index < -0.39 is 37.2 Å². The predicted molar refractivity (Wildman–Crippen MR) is 41.4 cm³/mol. The minimum Gasteiger partial charge on any atom is -0.260 e. The smallest absolute Gasteiger partial charge is 0.0840 e. The topological polar surface area (TPSA) is 12.9 Å². The maximum absolute atomic E-state index is 7.47. The molecule has 0 saturated carbocycles. The van der Waals surface area contributed by atoms with Gasteiger partial charge in [0, 0.05) is 18.9 Å². The van der Waals surface area contributed by atoms with Gasteiger partial charge in [0.15, 0.2) is 0 Å². The molecule has 0 spiro atoms. The van der Waals surface area contributed by atoms with Crippen LogP contribution in [-0.2, 0) is 0 Å². The van der Waals surface area contributed by atoms with Gasteiger partial charge in [0.25, 0.3) is 0 Å². The summed E-state index contributed by atoms with van der Waals surface area (Å²) in [7, 11) is 0. The van der Waals surface area contributed by atoms with E-state index in [-0.39, 0.29) is 4.47 Å². The van der Waals surface area contributed by atoms with Gasteiger partial charge in [-0.2, -0.15) is 0 Å². The van der Waals surface area contributed by atoms with Crippen LogP contribution >= 0.6 is 15.9 Å². The molecular formula is C7H8BrN. The van der Waals surface area contributed by atoms with Crippen LogP contribution in [0.5, 0.6) is 0 Å². The Balaban J connectivity index is 3.67. The standard InChI is InChI=1S/C7H8BrN/c1-5-3-4-9-6(2)7(5)8/h3-4H,1-2H3/i1D3,2D3,3D,4D. The number of aromatic nitrogens is 1. The second-order valence-electron chi connectivity index (χ2n) is 1.39. The molecular weight excluding hydrogens is 178 g/mol. The van der Waals surface area contributed by atoms with Gasteiger partial charge in [-0.05, 0) is 41.2 Å². The monoisotopic (exact) mass is 193 g/mol. The van der Waals surface area contributed by atoms with Crippen molar-refractivity contribution in [3.05, 3.63) is 27.9 Å². The highest BCUT2D eigenvalue weighted by Crippen LogP contribution is 2.16. The molecule has 1 rings (SSSR count). The normalized spacial score (nSPS) is 25.4. The molecule has 0 saturated heterocycles. The van der Waals surface area contributed by atoms with Crippen LogP contribution in [0.4, 0.5) is 0 Å². The Bertz CT molecular complexity index is 449. The van der Waals surface area contributed by atoms with Crippen LogP contribution in [0.25, 0.3) is 0 Å². The van der Waals surface area contributed by atoms with E-state index in [1.807, 2.05) is 0 Å². The quantitative estimate of drug-likeness (QED) is 0.618. The van der Waals surface area contributed by atoms with E-state index in [1.54, 1.807) is 0 Å². The highest BCUT2D eigenvalue weighted by atomic mass is 79.9. The first-order chi connectivity index (χ1) is 7.46. The molecule has 0 atom stereocenters. The average Bonchev–Trinajstić information content (AvgIpc) is 2.07. The fourth-order valence-electron chi connectivity index (χ4n) is 0.362. The fraction of sp³-hybridized carbons (Fsp3) is 0.286. The first kappa shape index (κ1) is 1.82. The van der Waals surface area contributed by atoms with Crippen molar-refractivity contribution in [1.82, 2.24) is 4.98 Å². The molecule has 2 heteroatoms. The number of pyridine rings is 1. The predicted octanol–water partition coefficient (Wildman–Crippen LogP) is 2.46. The van der Waals surface area contributed by atoms with Gasteiger partial charge in [0.1, 0.15) is 0 Å². The van der Waals surface area contributed by atoms with Crippen molar-refractivity contribution < 1.29 is 11.0 Å². The second-order valence-corrected chi connectivity index (χ2v) is 2.18. The number of hydrogen-bond acceptors (Lipinski definition) is 1. The third-order valence-electron chi connectivity index (χ3n) is 0.776. The van der Waals surface area contributed by atoms with Crippen LogP contribution in [0.2, 0.25) is 0 Å². The van der Waals surface area contributed by atoms with Crippen molar-refractivity contribution in [1.29, 1.82) is 0 Å². The molecule has 1 heterocycles. The van der Waals surface area contributed by atoms with Crippen molar-refractivity contribution in [3.63, 3.8) is 0 Å². The molecule has 0 aromatic carbocycles. The molecule has 0 amide bonds. The minimum absolute atomic E-state index is 0.251. The zero-order chi connectivity index (χ0) is 13.6. The van der Waals surface area contributed by atoms with E-state index in [2.05, 4.69) is 20.9 Å². The maximum Gasteiger partial charge on any atom is 0.0840 e. The van der Waals surface area contributed by atoms with E-state index in [1.165, 1.54) is 0 Å². The molecule has 9 heavy (non-hydrogen) atoms. The lowest BCUT2D eigenvalue weighted by Gasteiger charge is -1.97. The van der Waals surface area contributed by atoms with Crippen LogP contribution in [0.3, 0.4) is 0 Å². The summed E-state index contributed by atoms with van der Waals surface area (Å²) >= 11 is 2.85. The molecule has 48 valence electrons. The summed E-state index contributed by atoms with van der Waals surface area (Å²) in [5.74, 6) is 0. The third-order valence-corrected chi connectivity index (χ3v) is 1.55. The Labute approximate surface area is 74.5 Å². The molecule has 0 radical (unpaired) electrons. The van der Waals surface area contributed by atoms with Gasteiger partial charge in [-0.15, -0.1) is 0 Å². The van der Waals surface area contributed by atoms with E-state index >= 15 is 0 Å². The molecule has 0 aliphatic heterocycles. The molecule has 1 nitrogen and oxygen atoms in total. The van der Waals surface area contributed by atoms with Gasteiger partial charge >= 0.3 is 0 Å². The molecule has 0 aliphatic rings. The van der Waals surface area contributed by atoms with Crippen LogP contribution in [0.15, 0.2) is 16.7 Å². The van der Waals surface area contributed by atoms with Crippen molar-refractivity contribution >= 4 is 15.9 Å². The van der Waals surface area contributed by atoms with Gasteiger partial charge in [0.2, 0.25) is 0 Å². The zero-order valence-electron chi connectivity index (χ0n) is 12.3. The van der Waals surface area contributed by atoms with E-state index in [9.17, 15) is 0 Å². The average molecular weight is 194 g/mol. The summed E-state index contributed by atoms with van der Waals surface area (Å²) in [5.41, 5.74) is -1.01. The van der Waals surface area contributed by atoms with E-state index in [4.69, 9.17) is 11.0 Å². The number of nitrogens with zero attached hydrogens (tertiary/aromatic N) is 1. The Hall–Kier alpha value is -0.370. The summed E-state index contributed by atoms with van der Waals surface area (Å²) in [4.78, 5) is 3.44. The van der Waals surface area contributed by atoms with Crippen LogP contribution < -0.4 is 0 Å². The Morgan fingerprint density at radius 2 is 2.67 bits per heavy atom. The van der Waals surface area contributed by atoms with Crippen LogP contribution in [0, 0.1) is 13.7 Å². The summed E-state index contributed by atoms with van der Waals surface area (Å²) in [5, 5.41) is 0. The lowest BCUT2D eigenvalue weighted by Crippen LogP contribution is -1.83. The highest BCUT2D eigenvalue weighted by Gasteiger charge is 1.95. The van der Waals surface area contributed by atoms with Crippen LogP contribution in [0.1, 0.15) is 22.2 Å². The summed E-state index contributed by atoms with van der Waals surface area (Å²) in [6.45, 7) is -5.31. The lowest BCUT2D eigenvalue weighted by molar-refractivity contribution is 1.15. The molecule has 0 aliphatic carbocycles. The van der Waals surface area contributed by atoms with Gasteiger partial charge < -0.3 is 0 Å². The lowest BCUT2D eigenvalue weighted by atomic mass is 10.3. The number of halogens is 1. The number of rotatable bonds is 0. The molecule has 0 unspecified atom stereocenters. The van der Waals surface area contributed by atoms with Crippen molar-refractivity contribution in [2.24, 2.45) is 0 Å². The van der Waals surface area contributed by atoms with Crippen LogP contribution in [-0.4, -0.2) is 4.98 Å². The third kappa shape index (κ3) is 1.30. The Morgan fingerprint density at radius 1 is 1.78 bits per heavy atom. The largest absolute Gasteiger partial charge is 0.260 e. The Morgan fingerprint density at radius 3 is 3.33 bits per heavy atom. The summed E-state index contributed by atoms with van der Waals surface area (Å²) < 4.78 is 57.9. The van der Waals surface area contributed by atoms with Gasteiger partial charge in [0.05, 0.1) is 8.44 Å². The highest BCUT2D eigenvalue weighted by molar-refractivity contribution is 9.10. The maximum atomic E-state index is 7.47. The van der Waals surface area contributed by atoms with Crippen molar-refractivity contribution in [2.45, 2.75) is 13.7 Å². The van der Waals surface area contributed by atoms with Gasteiger partial charge in [-0.1, -0.05) is 0 Å². The first-order valence-electron chi connectivity index (χ1n) is 6.14. The number of aryl methyl sites for hydroxylation is 1. The minimum atomic E-state index is -2.67. The molecule has 1 aromatic heterocycles. The van der Waals surface area contributed by atoms with Crippen molar-refractivity contribution in [2.75, 3.05) is 0 Å². The molecule has 1 aromatic rings. The summed E-state index contributed by atoms with van der Waals surface area (Å²) in [6, 6.07) is -0.593. The van der Waals surface area contributed by atoms with Gasteiger partial charge in [-0.3, -0.25) is 4.98 Å². The van der Waals surface area contributed by atoms with E-state index in [0.717, 1.165) is 0 Å². The second kappa shape index (κ2) is 2.48. The Kier molecular flexibility index (Phi) is 0.501. The molecule has 0 fully saturated rings. The fourth-order valence-corrected chi connectivity index (χ4v) is 0.550. The number of hydrogen-bond donors (Lipinski definition) is 0.